The third kappa shape index (κ3) is 12.8. The third-order valence-corrected chi connectivity index (χ3v) is 19.3. The van der Waals surface area contributed by atoms with Gasteiger partial charge < -0.3 is 45.6 Å². The zero-order valence-electron chi connectivity index (χ0n) is 50.8. The molecule has 5 N–H and O–H groups in total. The summed E-state index contributed by atoms with van der Waals surface area (Å²) < 4.78 is 40.1. The molecule has 12 rings (SSSR count). The number of fused-ring (bicyclic) bond motifs is 4. The van der Waals surface area contributed by atoms with E-state index in [2.05, 4.69) is 55.5 Å². The number of β-amino-alcohol motifs (C(OH)–C–C–N with tert-alkyl or cyclic N) is 1. The van der Waals surface area contributed by atoms with E-state index in [1.54, 1.807) is 29.7 Å². The van der Waals surface area contributed by atoms with Crippen molar-refractivity contribution in [1.82, 2.24) is 60.6 Å². The number of alkyl halides is 1. The number of pyridine rings is 1. The molecule has 6 atom stereocenters. The highest BCUT2D eigenvalue weighted by Crippen LogP contribution is 2.40. The van der Waals surface area contributed by atoms with Crippen LogP contribution in [-0.4, -0.2) is 187 Å². The van der Waals surface area contributed by atoms with Crippen molar-refractivity contribution >= 4 is 62.4 Å². The van der Waals surface area contributed by atoms with E-state index in [1.165, 1.54) is 17.3 Å². The van der Waals surface area contributed by atoms with E-state index < -0.39 is 52.8 Å². The van der Waals surface area contributed by atoms with E-state index in [0.29, 0.717) is 119 Å². The molecule has 0 saturated carbocycles. The van der Waals surface area contributed by atoms with Crippen LogP contribution in [0, 0.1) is 18.2 Å². The Morgan fingerprint density at radius 2 is 1.64 bits per heavy atom. The summed E-state index contributed by atoms with van der Waals surface area (Å²) in [5, 5.41) is 33.3. The van der Waals surface area contributed by atoms with Crippen LogP contribution in [0.1, 0.15) is 100 Å². The lowest BCUT2D eigenvalue weighted by Gasteiger charge is -2.42. The van der Waals surface area contributed by atoms with Gasteiger partial charge in [0, 0.05) is 102 Å². The van der Waals surface area contributed by atoms with Crippen LogP contribution in [0.2, 0.25) is 0 Å². The Labute approximate surface area is 515 Å². The van der Waals surface area contributed by atoms with Gasteiger partial charge >= 0.3 is 6.01 Å². The number of halogens is 2. The van der Waals surface area contributed by atoms with Gasteiger partial charge in [-0.25, -0.2) is 23.7 Å². The number of nitrogens with one attached hydrogen (secondary N) is 3. The normalized spacial score (nSPS) is 21.4. The van der Waals surface area contributed by atoms with E-state index in [1.807, 2.05) is 89.5 Å². The fourth-order valence-electron chi connectivity index (χ4n) is 13.4. The van der Waals surface area contributed by atoms with Gasteiger partial charge in [-0.3, -0.25) is 29.2 Å². The van der Waals surface area contributed by atoms with E-state index >= 15 is 8.78 Å². The summed E-state index contributed by atoms with van der Waals surface area (Å²) in [6.45, 7) is 17.2. The van der Waals surface area contributed by atoms with Crippen LogP contribution in [0.15, 0.2) is 78.7 Å². The Kier molecular flexibility index (Phi) is 17.3. The second-order valence-electron chi connectivity index (χ2n) is 25.6. The molecule has 4 aromatic heterocycles. The fourth-order valence-corrected chi connectivity index (χ4v) is 14.2. The van der Waals surface area contributed by atoms with E-state index in [-0.39, 0.29) is 54.3 Å². The summed E-state index contributed by atoms with van der Waals surface area (Å²) in [7, 11) is 0. The smallest absolute Gasteiger partial charge is 0.319 e. The number of carbonyl (C=O) groups is 3. The van der Waals surface area contributed by atoms with Crippen molar-refractivity contribution in [3.05, 3.63) is 107 Å². The molecule has 23 heteroatoms. The quantitative estimate of drug-likeness (QED) is 0.0598. The number of piperidine rings is 1. The molecule has 5 fully saturated rings. The van der Waals surface area contributed by atoms with Crippen molar-refractivity contribution in [3.8, 4) is 33.5 Å². The van der Waals surface area contributed by atoms with E-state index in [9.17, 15) is 24.6 Å². The molecule has 0 radical (unpaired) electrons. The molecule has 5 aliphatic rings. The number of nitrogens with zero attached hydrogens (tertiary/aromatic N) is 11. The number of likely N-dealkylation sites (tertiary alicyclic amines) is 2. The molecule has 20 nitrogen and oxygen atoms in total. The number of rotatable bonds is 17. The highest BCUT2D eigenvalue weighted by Gasteiger charge is 2.45. The van der Waals surface area contributed by atoms with Crippen molar-refractivity contribution in [2.45, 2.75) is 122 Å². The fraction of sp³-hybridized carbons (Fsp3) is 0.492. The number of benzene rings is 3. The first-order valence-electron chi connectivity index (χ1n) is 30.8. The van der Waals surface area contributed by atoms with Gasteiger partial charge in [0.25, 0.3) is 5.91 Å². The summed E-state index contributed by atoms with van der Waals surface area (Å²) >= 11 is 1.57. The SMILES string of the molecule is CCc1cccc2cc(O)cc(-c3ncc4c(N5CC6CCC(C5)N6)nc(OCCN5CCC(F)(CN6CCN(c7cnc(C(=O)N[C@H](C(=O)N8C[C@H](O)C[C@H]8C(=O)N[C@@H](C)c8ccc(-c9scnc9C)cc8)C(C)(C)C)cn7)CC6)CC5)nc4c3F)c12. The molecule has 9 heterocycles. The number of phenols is 1. The van der Waals surface area contributed by atoms with Crippen molar-refractivity contribution in [2.75, 3.05) is 88.4 Å². The molecular formula is C65H78F2N14O6S. The average Bonchev–Trinajstić information content (AvgIpc) is 1.06. The number of piperazine rings is 2. The second-order valence-corrected chi connectivity index (χ2v) is 26.4. The molecule has 5 aliphatic heterocycles. The number of ether oxygens (including phenoxy) is 1. The number of hydrogen-bond donors (Lipinski definition) is 5. The number of phenolic OH excluding ortho intramolecular Hbond substituents is 1. The van der Waals surface area contributed by atoms with Crippen LogP contribution < -0.4 is 30.5 Å². The Hall–Kier alpha value is -7.57. The first-order chi connectivity index (χ1) is 42.3. The van der Waals surface area contributed by atoms with Crippen molar-refractivity contribution in [2.24, 2.45) is 5.41 Å². The zero-order valence-corrected chi connectivity index (χ0v) is 51.6. The van der Waals surface area contributed by atoms with Crippen molar-refractivity contribution in [1.29, 1.82) is 0 Å². The molecule has 3 aromatic carbocycles. The minimum atomic E-state index is -1.38. The van der Waals surface area contributed by atoms with E-state index in [4.69, 9.17) is 14.7 Å². The van der Waals surface area contributed by atoms with Crippen molar-refractivity contribution in [3.63, 3.8) is 0 Å². The van der Waals surface area contributed by atoms with Gasteiger partial charge in [-0.15, -0.1) is 11.3 Å². The van der Waals surface area contributed by atoms with Gasteiger partial charge in [0.1, 0.15) is 58.6 Å². The minimum Gasteiger partial charge on any atom is -0.508 e. The monoisotopic (exact) mass is 1220 g/mol. The number of hydrogen-bond acceptors (Lipinski definition) is 18. The number of aromatic nitrogens is 6. The highest BCUT2D eigenvalue weighted by atomic mass is 32.1. The number of carbonyl (C=O) groups excluding carboxylic acids is 3. The van der Waals surface area contributed by atoms with Crippen LogP contribution in [0.4, 0.5) is 20.4 Å². The third-order valence-electron chi connectivity index (χ3n) is 18.3. The summed E-state index contributed by atoms with van der Waals surface area (Å²) in [4.78, 5) is 80.7. The molecule has 464 valence electrons. The number of aliphatic hydroxyl groups excluding tert-OH is 1. The highest BCUT2D eigenvalue weighted by molar-refractivity contribution is 7.13. The first kappa shape index (κ1) is 60.7. The minimum absolute atomic E-state index is 0.0154. The van der Waals surface area contributed by atoms with Gasteiger partial charge in [-0.05, 0) is 91.0 Å². The molecule has 0 aliphatic carbocycles. The Bertz CT molecular complexity index is 3690. The maximum atomic E-state index is 17.1. The molecule has 88 heavy (non-hydrogen) atoms. The largest absolute Gasteiger partial charge is 0.508 e. The molecule has 5 saturated heterocycles. The molecule has 2 bridgehead atoms. The van der Waals surface area contributed by atoms with Gasteiger partial charge in [0.05, 0.1) is 46.0 Å². The predicted molar refractivity (Wildman–Crippen MR) is 335 cm³/mol. The van der Waals surface area contributed by atoms with Gasteiger partial charge in [-0.1, -0.05) is 70.2 Å². The molecule has 7 aromatic rings. The van der Waals surface area contributed by atoms with E-state index in [0.717, 1.165) is 50.9 Å². The summed E-state index contributed by atoms with van der Waals surface area (Å²) in [6.07, 6.45) is 7.24. The number of aliphatic hydroxyl groups is 1. The molecule has 2 unspecified atom stereocenters. The summed E-state index contributed by atoms with van der Waals surface area (Å²) in [6, 6.07) is 15.3. The molecule has 0 spiro atoms. The van der Waals surface area contributed by atoms with Crippen LogP contribution in [-0.2, 0) is 16.0 Å². The Balaban J connectivity index is 0.624. The number of thiazole rings is 1. The maximum Gasteiger partial charge on any atom is 0.319 e. The number of aromatic hydroxyl groups is 1. The summed E-state index contributed by atoms with van der Waals surface area (Å²) in [5.74, 6) is -0.927. The Morgan fingerprint density at radius 3 is 2.32 bits per heavy atom. The topological polar surface area (TPSA) is 231 Å². The lowest BCUT2D eigenvalue weighted by atomic mass is 9.85. The molecule has 3 amide bonds. The lowest BCUT2D eigenvalue weighted by molar-refractivity contribution is -0.142. The van der Waals surface area contributed by atoms with Crippen LogP contribution in [0.3, 0.4) is 0 Å². The average molecular weight is 1220 g/mol. The second kappa shape index (κ2) is 25.1. The summed E-state index contributed by atoms with van der Waals surface area (Å²) in [5.41, 5.74) is 4.24. The number of amides is 3. The molecular weight excluding hydrogens is 1140 g/mol. The first-order valence-corrected chi connectivity index (χ1v) is 31.7. The van der Waals surface area contributed by atoms with Gasteiger partial charge in [-0.2, -0.15) is 9.97 Å². The van der Waals surface area contributed by atoms with Gasteiger partial charge in [0.15, 0.2) is 5.82 Å². The van der Waals surface area contributed by atoms with Gasteiger partial charge in [0.2, 0.25) is 11.8 Å². The number of aryl methyl sites for hydroxylation is 2. The lowest BCUT2D eigenvalue weighted by Crippen LogP contribution is -2.58. The Morgan fingerprint density at radius 1 is 0.886 bits per heavy atom. The van der Waals surface area contributed by atoms with Crippen LogP contribution in [0.5, 0.6) is 11.8 Å². The van der Waals surface area contributed by atoms with Crippen LogP contribution >= 0.6 is 11.3 Å². The maximum absolute atomic E-state index is 17.1. The number of anilines is 2. The van der Waals surface area contributed by atoms with Crippen molar-refractivity contribution < 1.29 is 38.1 Å². The van der Waals surface area contributed by atoms with Crippen LogP contribution in [0.25, 0.3) is 43.4 Å². The predicted octanol–water partition coefficient (Wildman–Crippen LogP) is 7.40. The standard InChI is InChI=1S/C65H78F2N14O6S/c1-7-40-9-8-10-43-27-46(82)28-48(53(40)43)55-54(66)56-49(30-70-55)59(80-33-44-15-16-45(34-80)73-44)76-63(74-56)87-26-25-77-19-17-65(67,18-20-77)36-78-21-23-79(24-22-78)52-32-68-50(31-69-52)60(84)75-58(64(4,5)6)62(86)81-35-47(83)29-51(81)61(85)72-38(2)41-11-13-42(14-12-41)57-39(3)71-37-88-57/h8-14,27-28,30-32,37-38,44-45,47,51,58,73,82-83H,7,15-26,29,33-36H2,1-6H3,(H,72,85)(H,75,84)/t38-,44?,45?,47+,51-,58+/m0/s1. The zero-order chi connectivity index (χ0) is 61.6.